The molecule has 58 heavy (non-hydrogen) atoms. The van der Waals surface area contributed by atoms with Crippen LogP contribution < -0.4 is 0 Å². The SMILES string of the molecule is CCCCCC(CCCCC)CCOC(=O)CCCCCCCC(CCCCCCCC(=O)OCCC(CCCCC)CCCCC)OC(=O)OCCN1CCCC1. The highest BCUT2D eigenvalue weighted by atomic mass is 16.7. The third-order valence-corrected chi connectivity index (χ3v) is 12.3. The van der Waals surface area contributed by atoms with Crippen molar-refractivity contribution < 1.29 is 33.3 Å². The molecule has 0 saturated carbocycles. The van der Waals surface area contributed by atoms with Crippen LogP contribution in [0.1, 0.15) is 246 Å². The van der Waals surface area contributed by atoms with Gasteiger partial charge in [-0.05, 0) is 89.1 Å². The highest BCUT2D eigenvalue weighted by Crippen LogP contribution is 2.23. The van der Waals surface area contributed by atoms with Crippen molar-refractivity contribution in [1.29, 1.82) is 0 Å². The Morgan fingerprint density at radius 2 is 0.810 bits per heavy atom. The minimum atomic E-state index is -0.539. The van der Waals surface area contributed by atoms with E-state index >= 15 is 0 Å². The molecule has 1 aliphatic rings. The molecule has 1 rings (SSSR count). The second-order valence-electron chi connectivity index (χ2n) is 17.7. The first-order valence-electron chi connectivity index (χ1n) is 25.3. The molecule has 342 valence electrons. The molecule has 8 heteroatoms. The van der Waals surface area contributed by atoms with E-state index in [0.29, 0.717) is 44.5 Å². The van der Waals surface area contributed by atoms with Gasteiger partial charge in [0.2, 0.25) is 0 Å². The van der Waals surface area contributed by atoms with Crippen LogP contribution in [0.25, 0.3) is 0 Å². The first kappa shape index (κ1) is 54.2. The van der Waals surface area contributed by atoms with Crippen molar-refractivity contribution in [1.82, 2.24) is 4.90 Å². The van der Waals surface area contributed by atoms with E-state index in [0.717, 1.165) is 110 Å². The fraction of sp³-hybridized carbons (Fsp3) is 0.940. The van der Waals surface area contributed by atoms with Gasteiger partial charge in [-0.15, -0.1) is 0 Å². The minimum Gasteiger partial charge on any atom is -0.466 e. The number of esters is 2. The molecule has 0 aliphatic carbocycles. The van der Waals surface area contributed by atoms with Gasteiger partial charge >= 0.3 is 18.1 Å². The van der Waals surface area contributed by atoms with E-state index in [4.69, 9.17) is 18.9 Å². The molecule has 0 spiro atoms. The Morgan fingerprint density at radius 1 is 0.431 bits per heavy atom. The maximum Gasteiger partial charge on any atom is 0.508 e. The topological polar surface area (TPSA) is 91.4 Å². The van der Waals surface area contributed by atoms with Crippen LogP contribution in [0, 0.1) is 11.8 Å². The number of unbranched alkanes of at least 4 members (excludes halogenated alkanes) is 16. The first-order valence-corrected chi connectivity index (χ1v) is 25.3. The summed E-state index contributed by atoms with van der Waals surface area (Å²) >= 11 is 0. The summed E-state index contributed by atoms with van der Waals surface area (Å²) in [7, 11) is 0. The van der Waals surface area contributed by atoms with Crippen LogP contribution in [0.4, 0.5) is 4.79 Å². The molecule has 8 nitrogen and oxygen atoms in total. The number of nitrogens with zero attached hydrogens (tertiary/aromatic N) is 1. The van der Waals surface area contributed by atoms with Crippen LogP contribution in [0.15, 0.2) is 0 Å². The molecule has 0 bridgehead atoms. The summed E-state index contributed by atoms with van der Waals surface area (Å²) in [5, 5.41) is 0. The van der Waals surface area contributed by atoms with Gasteiger partial charge in [-0.3, -0.25) is 14.5 Å². The normalized spacial score (nSPS) is 13.2. The van der Waals surface area contributed by atoms with Gasteiger partial charge < -0.3 is 18.9 Å². The highest BCUT2D eigenvalue weighted by Gasteiger charge is 2.18. The lowest BCUT2D eigenvalue weighted by Crippen LogP contribution is -2.26. The van der Waals surface area contributed by atoms with E-state index in [1.165, 1.54) is 116 Å². The van der Waals surface area contributed by atoms with Gasteiger partial charge in [0.15, 0.2) is 0 Å². The second-order valence-corrected chi connectivity index (χ2v) is 17.7. The molecular formula is C50H95NO7. The summed E-state index contributed by atoms with van der Waals surface area (Å²) in [4.78, 5) is 39.8. The molecule has 0 unspecified atom stereocenters. The summed E-state index contributed by atoms with van der Waals surface area (Å²) in [5.41, 5.74) is 0. The van der Waals surface area contributed by atoms with Crippen LogP contribution in [0.3, 0.4) is 0 Å². The predicted octanol–water partition coefficient (Wildman–Crippen LogP) is 14.5. The number of carbonyl (C=O) groups is 3. The molecule has 1 saturated heterocycles. The third kappa shape index (κ3) is 33.9. The van der Waals surface area contributed by atoms with Gasteiger partial charge in [-0.1, -0.05) is 169 Å². The Labute approximate surface area is 358 Å². The van der Waals surface area contributed by atoms with E-state index in [1.807, 2.05) is 0 Å². The minimum absolute atomic E-state index is 0.0489. The van der Waals surface area contributed by atoms with Crippen LogP contribution in [0.5, 0.6) is 0 Å². The zero-order valence-corrected chi connectivity index (χ0v) is 38.8. The first-order chi connectivity index (χ1) is 28.4. The van der Waals surface area contributed by atoms with Crippen molar-refractivity contribution in [3.8, 4) is 0 Å². The predicted molar refractivity (Wildman–Crippen MR) is 241 cm³/mol. The summed E-state index contributed by atoms with van der Waals surface area (Å²) in [6.07, 6.45) is 36.9. The maximum absolute atomic E-state index is 12.6. The summed E-state index contributed by atoms with van der Waals surface area (Å²) in [5.74, 6) is 1.27. The van der Waals surface area contributed by atoms with Gasteiger partial charge in [0, 0.05) is 19.4 Å². The Bertz CT molecular complexity index is 863. The summed E-state index contributed by atoms with van der Waals surface area (Å²) in [6, 6.07) is 0. The number of hydrogen-bond donors (Lipinski definition) is 0. The van der Waals surface area contributed by atoms with Crippen molar-refractivity contribution in [3.63, 3.8) is 0 Å². The monoisotopic (exact) mass is 822 g/mol. The molecular weight excluding hydrogens is 727 g/mol. The van der Waals surface area contributed by atoms with Crippen LogP contribution in [-0.4, -0.2) is 68.6 Å². The fourth-order valence-corrected chi connectivity index (χ4v) is 8.46. The average molecular weight is 822 g/mol. The Balaban J connectivity index is 2.30. The molecule has 0 aromatic carbocycles. The van der Waals surface area contributed by atoms with Gasteiger partial charge in [-0.25, -0.2) is 4.79 Å². The van der Waals surface area contributed by atoms with Crippen LogP contribution >= 0.6 is 0 Å². The van der Waals surface area contributed by atoms with Crippen LogP contribution in [0.2, 0.25) is 0 Å². The van der Waals surface area contributed by atoms with E-state index in [2.05, 4.69) is 32.6 Å². The lowest BCUT2D eigenvalue weighted by molar-refractivity contribution is -0.145. The standard InChI is InChI=1S/C50H95NO7/c1-5-9-19-29-45(30-20-10-6-2)37-42-55-48(52)35-25-17-13-15-23-33-47(58-50(54)57-44-41-51-39-27-28-40-51)34-24-16-14-18-26-36-49(53)56-43-38-46(31-21-11-7-3)32-22-12-8-4/h45-47H,5-44H2,1-4H3. The molecule has 0 aromatic rings. The molecule has 0 amide bonds. The maximum atomic E-state index is 12.6. The zero-order chi connectivity index (χ0) is 42.2. The summed E-state index contributed by atoms with van der Waals surface area (Å²) in [6.45, 7) is 13.5. The molecule has 0 aromatic heterocycles. The highest BCUT2D eigenvalue weighted by molar-refractivity contribution is 5.69. The zero-order valence-electron chi connectivity index (χ0n) is 38.8. The van der Waals surface area contributed by atoms with Gasteiger partial charge in [0.25, 0.3) is 0 Å². The average Bonchev–Trinajstić information content (AvgIpc) is 3.73. The number of carbonyl (C=O) groups excluding carboxylic acids is 3. The Hall–Kier alpha value is -1.83. The van der Waals surface area contributed by atoms with Gasteiger partial charge in [0.05, 0.1) is 13.2 Å². The third-order valence-electron chi connectivity index (χ3n) is 12.3. The van der Waals surface area contributed by atoms with Crippen LogP contribution in [-0.2, 0) is 28.5 Å². The summed E-state index contributed by atoms with van der Waals surface area (Å²) < 4.78 is 22.6. The van der Waals surface area contributed by atoms with Gasteiger partial charge in [-0.2, -0.15) is 0 Å². The quantitative estimate of drug-likeness (QED) is 0.0341. The number of likely N-dealkylation sites (tertiary alicyclic amines) is 1. The number of ether oxygens (including phenoxy) is 4. The lowest BCUT2D eigenvalue weighted by Gasteiger charge is -2.19. The Morgan fingerprint density at radius 3 is 1.22 bits per heavy atom. The number of rotatable bonds is 42. The smallest absolute Gasteiger partial charge is 0.466 e. The molecule has 0 N–H and O–H groups in total. The number of hydrogen-bond acceptors (Lipinski definition) is 8. The van der Waals surface area contributed by atoms with Crippen molar-refractivity contribution in [2.75, 3.05) is 39.5 Å². The van der Waals surface area contributed by atoms with E-state index in [-0.39, 0.29) is 18.0 Å². The van der Waals surface area contributed by atoms with E-state index < -0.39 is 6.16 Å². The molecule has 0 radical (unpaired) electrons. The Kier molecular flexibility index (Phi) is 37.9. The molecule has 1 fully saturated rings. The van der Waals surface area contributed by atoms with Crippen molar-refractivity contribution in [2.45, 2.75) is 252 Å². The van der Waals surface area contributed by atoms with E-state index in [9.17, 15) is 14.4 Å². The molecule has 0 atom stereocenters. The van der Waals surface area contributed by atoms with Crippen molar-refractivity contribution >= 4 is 18.1 Å². The van der Waals surface area contributed by atoms with E-state index in [1.54, 1.807) is 0 Å². The molecule has 1 heterocycles. The second kappa shape index (κ2) is 40.6. The largest absolute Gasteiger partial charge is 0.508 e. The van der Waals surface area contributed by atoms with Crippen molar-refractivity contribution in [3.05, 3.63) is 0 Å². The molecule has 1 aliphatic heterocycles. The fourth-order valence-electron chi connectivity index (χ4n) is 8.46. The van der Waals surface area contributed by atoms with Crippen molar-refractivity contribution in [2.24, 2.45) is 11.8 Å². The van der Waals surface area contributed by atoms with Gasteiger partial charge in [0.1, 0.15) is 12.7 Å². The lowest BCUT2D eigenvalue weighted by atomic mass is 9.92.